The lowest BCUT2D eigenvalue weighted by Crippen LogP contribution is -2.30. The SMILES string of the molecule is CCc1nc(C(=O)NCC2CCCS2)n[nH]1. The summed E-state index contributed by atoms with van der Waals surface area (Å²) in [6, 6.07) is 0. The maximum absolute atomic E-state index is 11.7. The van der Waals surface area contributed by atoms with E-state index >= 15 is 0 Å². The number of aromatic amines is 1. The Morgan fingerprint density at radius 2 is 2.56 bits per heavy atom. The lowest BCUT2D eigenvalue weighted by Gasteiger charge is -2.08. The van der Waals surface area contributed by atoms with E-state index in [0.717, 1.165) is 18.8 Å². The summed E-state index contributed by atoms with van der Waals surface area (Å²) in [6.07, 6.45) is 3.21. The number of rotatable bonds is 4. The summed E-state index contributed by atoms with van der Waals surface area (Å²) in [7, 11) is 0. The van der Waals surface area contributed by atoms with Crippen molar-refractivity contribution in [1.29, 1.82) is 0 Å². The molecule has 1 amide bonds. The maximum Gasteiger partial charge on any atom is 0.290 e. The smallest absolute Gasteiger partial charge is 0.290 e. The van der Waals surface area contributed by atoms with Crippen molar-refractivity contribution in [2.75, 3.05) is 12.3 Å². The number of hydrogen-bond donors (Lipinski definition) is 2. The monoisotopic (exact) mass is 240 g/mol. The summed E-state index contributed by atoms with van der Waals surface area (Å²) in [5.74, 6) is 2.03. The van der Waals surface area contributed by atoms with Crippen LogP contribution in [-0.2, 0) is 6.42 Å². The average molecular weight is 240 g/mol. The number of nitrogens with zero attached hydrogens (tertiary/aromatic N) is 2. The van der Waals surface area contributed by atoms with Crippen molar-refractivity contribution >= 4 is 17.7 Å². The van der Waals surface area contributed by atoms with Crippen LogP contribution < -0.4 is 5.32 Å². The van der Waals surface area contributed by atoms with Crippen molar-refractivity contribution in [2.24, 2.45) is 0 Å². The molecule has 1 aliphatic rings. The van der Waals surface area contributed by atoms with E-state index in [9.17, 15) is 4.79 Å². The molecule has 1 saturated heterocycles. The number of H-pyrrole nitrogens is 1. The molecule has 0 aromatic carbocycles. The predicted molar refractivity (Wildman–Crippen MR) is 63.6 cm³/mol. The van der Waals surface area contributed by atoms with E-state index in [-0.39, 0.29) is 11.7 Å². The first-order valence-corrected chi connectivity index (χ1v) is 6.65. The molecule has 88 valence electrons. The van der Waals surface area contributed by atoms with Gasteiger partial charge >= 0.3 is 0 Å². The van der Waals surface area contributed by atoms with E-state index in [2.05, 4.69) is 20.5 Å². The number of aryl methyl sites for hydroxylation is 1. The minimum absolute atomic E-state index is 0.177. The quantitative estimate of drug-likeness (QED) is 0.823. The first-order chi connectivity index (χ1) is 7.79. The molecule has 1 fully saturated rings. The molecule has 2 N–H and O–H groups in total. The second-order valence-corrected chi connectivity index (χ2v) is 5.21. The summed E-state index contributed by atoms with van der Waals surface area (Å²) in [5, 5.41) is 10.1. The second kappa shape index (κ2) is 5.34. The van der Waals surface area contributed by atoms with E-state index in [1.807, 2.05) is 18.7 Å². The Bertz CT molecular complexity index is 359. The molecule has 2 rings (SSSR count). The molecular formula is C10H16N4OS. The van der Waals surface area contributed by atoms with Gasteiger partial charge in [0, 0.05) is 18.2 Å². The van der Waals surface area contributed by atoms with Gasteiger partial charge in [0.25, 0.3) is 5.91 Å². The van der Waals surface area contributed by atoms with E-state index in [4.69, 9.17) is 0 Å². The number of nitrogens with one attached hydrogen (secondary N) is 2. The molecule has 5 nitrogen and oxygen atoms in total. The van der Waals surface area contributed by atoms with Gasteiger partial charge in [-0.3, -0.25) is 9.89 Å². The summed E-state index contributed by atoms with van der Waals surface area (Å²) in [4.78, 5) is 15.8. The van der Waals surface area contributed by atoms with Gasteiger partial charge in [-0.1, -0.05) is 6.92 Å². The van der Waals surface area contributed by atoms with Gasteiger partial charge in [0.05, 0.1) is 0 Å². The highest BCUT2D eigenvalue weighted by atomic mass is 32.2. The first kappa shape index (κ1) is 11.4. The van der Waals surface area contributed by atoms with Crippen LogP contribution in [0.15, 0.2) is 0 Å². The Morgan fingerprint density at radius 3 is 3.19 bits per heavy atom. The van der Waals surface area contributed by atoms with Gasteiger partial charge < -0.3 is 5.32 Å². The van der Waals surface area contributed by atoms with E-state index in [1.165, 1.54) is 18.6 Å². The third-order valence-corrected chi connectivity index (χ3v) is 3.98. The number of amides is 1. The Morgan fingerprint density at radius 1 is 1.69 bits per heavy atom. The Kier molecular flexibility index (Phi) is 3.82. The summed E-state index contributed by atoms with van der Waals surface area (Å²) in [5.41, 5.74) is 0. The van der Waals surface area contributed by atoms with Crippen molar-refractivity contribution in [3.05, 3.63) is 11.6 Å². The van der Waals surface area contributed by atoms with Gasteiger partial charge in [0.1, 0.15) is 5.82 Å². The minimum Gasteiger partial charge on any atom is -0.348 e. The fourth-order valence-corrected chi connectivity index (χ4v) is 2.85. The highest BCUT2D eigenvalue weighted by molar-refractivity contribution is 8.00. The van der Waals surface area contributed by atoms with Crippen LogP contribution in [0.4, 0.5) is 0 Å². The molecule has 1 aliphatic heterocycles. The standard InChI is InChI=1S/C10H16N4OS/c1-2-8-12-9(14-13-8)10(15)11-6-7-4-3-5-16-7/h7H,2-6H2,1H3,(H,11,15)(H,12,13,14). The fraction of sp³-hybridized carbons (Fsp3) is 0.700. The Balaban J connectivity index is 1.82. The van der Waals surface area contributed by atoms with Crippen LogP contribution in [0.5, 0.6) is 0 Å². The van der Waals surface area contributed by atoms with Gasteiger partial charge in [-0.05, 0) is 18.6 Å². The van der Waals surface area contributed by atoms with Crippen LogP contribution in [-0.4, -0.2) is 38.6 Å². The van der Waals surface area contributed by atoms with E-state index in [1.54, 1.807) is 0 Å². The molecule has 1 aromatic rings. The third-order valence-electron chi connectivity index (χ3n) is 2.58. The van der Waals surface area contributed by atoms with Crippen molar-refractivity contribution in [1.82, 2.24) is 20.5 Å². The maximum atomic E-state index is 11.7. The molecule has 1 aromatic heterocycles. The third kappa shape index (κ3) is 2.75. The zero-order valence-electron chi connectivity index (χ0n) is 9.32. The van der Waals surface area contributed by atoms with Gasteiger partial charge in [-0.25, -0.2) is 4.98 Å². The van der Waals surface area contributed by atoms with Crippen molar-refractivity contribution in [3.8, 4) is 0 Å². The van der Waals surface area contributed by atoms with Crippen LogP contribution in [0.2, 0.25) is 0 Å². The van der Waals surface area contributed by atoms with Crippen molar-refractivity contribution in [2.45, 2.75) is 31.4 Å². The normalized spacial score (nSPS) is 19.9. The average Bonchev–Trinajstić information content (AvgIpc) is 2.96. The second-order valence-electron chi connectivity index (χ2n) is 3.80. The molecule has 6 heteroatoms. The zero-order chi connectivity index (χ0) is 11.4. The molecule has 0 radical (unpaired) electrons. The highest BCUT2D eigenvalue weighted by Crippen LogP contribution is 2.25. The molecule has 2 heterocycles. The molecule has 0 spiro atoms. The molecule has 1 atom stereocenters. The van der Waals surface area contributed by atoms with Gasteiger partial charge in [0.15, 0.2) is 0 Å². The first-order valence-electron chi connectivity index (χ1n) is 5.60. The molecule has 0 aliphatic carbocycles. The number of thioether (sulfide) groups is 1. The Hall–Kier alpha value is -1.04. The molecule has 0 bridgehead atoms. The molecular weight excluding hydrogens is 224 g/mol. The lowest BCUT2D eigenvalue weighted by atomic mass is 10.2. The largest absolute Gasteiger partial charge is 0.348 e. The number of aromatic nitrogens is 3. The van der Waals surface area contributed by atoms with Crippen molar-refractivity contribution in [3.63, 3.8) is 0 Å². The number of hydrogen-bond acceptors (Lipinski definition) is 4. The summed E-state index contributed by atoms with van der Waals surface area (Å²) >= 11 is 1.93. The van der Waals surface area contributed by atoms with Gasteiger partial charge in [-0.2, -0.15) is 11.8 Å². The van der Waals surface area contributed by atoms with Crippen molar-refractivity contribution < 1.29 is 4.79 Å². The van der Waals surface area contributed by atoms with Gasteiger partial charge in [0.2, 0.25) is 5.82 Å². The predicted octanol–water partition coefficient (Wildman–Crippen LogP) is 0.992. The Labute approximate surface area is 98.8 Å². The lowest BCUT2D eigenvalue weighted by molar-refractivity contribution is 0.0943. The zero-order valence-corrected chi connectivity index (χ0v) is 10.1. The molecule has 0 saturated carbocycles. The van der Waals surface area contributed by atoms with Crippen LogP contribution in [0.3, 0.4) is 0 Å². The minimum atomic E-state index is -0.177. The van der Waals surface area contributed by atoms with Crippen LogP contribution in [0.1, 0.15) is 36.2 Å². The number of carbonyl (C=O) groups is 1. The van der Waals surface area contributed by atoms with Crippen LogP contribution in [0.25, 0.3) is 0 Å². The summed E-state index contributed by atoms with van der Waals surface area (Å²) in [6.45, 7) is 2.69. The topological polar surface area (TPSA) is 70.7 Å². The van der Waals surface area contributed by atoms with Crippen LogP contribution in [0, 0.1) is 0 Å². The molecule has 1 unspecified atom stereocenters. The molecule has 16 heavy (non-hydrogen) atoms. The number of carbonyl (C=O) groups excluding carboxylic acids is 1. The fourth-order valence-electron chi connectivity index (χ4n) is 1.65. The highest BCUT2D eigenvalue weighted by Gasteiger charge is 2.18. The van der Waals surface area contributed by atoms with E-state index < -0.39 is 0 Å². The van der Waals surface area contributed by atoms with Gasteiger partial charge in [-0.15, -0.1) is 5.10 Å². The van der Waals surface area contributed by atoms with E-state index in [0.29, 0.717) is 5.25 Å². The van der Waals surface area contributed by atoms with Crippen LogP contribution >= 0.6 is 11.8 Å². The summed E-state index contributed by atoms with van der Waals surface area (Å²) < 4.78 is 0.